The smallest absolute Gasteiger partial charge is 0.237 e. The molecule has 0 bridgehead atoms. The minimum Gasteiger partial charge on any atom is -0.480 e. The second kappa shape index (κ2) is 2.65. The Hall–Kier alpha value is -1.45. The molecule has 0 aromatic carbocycles. The fourth-order valence-corrected chi connectivity index (χ4v) is 0.779. The van der Waals surface area contributed by atoms with Crippen molar-refractivity contribution in [3.63, 3.8) is 0 Å². The highest BCUT2D eigenvalue weighted by atomic mass is 16.5. The van der Waals surface area contributed by atoms with E-state index >= 15 is 0 Å². The maximum Gasteiger partial charge on any atom is 0.237 e. The highest BCUT2D eigenvalue weighted by Gasteiger charge is 2.03. The van der Waals surface area contributed by atoms with Crippen molar-refractivity contribution in [2.24, 2.45) is 0 Å². The molecule has 0 saturated carbocycles. The standard InChI is InChI=1S/C7H11N3O/c1-4-5(8)3-6(9)7(10-4)11-2/h3H,8-9H2,1-2H3. The summed E-state index contributed by atoms with van der Waals surface area (Å²) in [7, 11) is 1.52. The molecule has 0 spiro atoms. The molecule has 4 N–H and O–H groups in total. The molecule has 0 atom stereocenters. The number of rotatable bonds is 1. The molecule has 4 heteroatoms. The molecule has 0 aliphatic rings. The number of anilines is 2. The number of nitrogens with two attached hydrogens (primary N) is 2. The number of methoxy groups -OCH3 is 1. The first kappa shape index (κ1) is 7.65. The topological polar surface area (TPSA) is 74.2 Å². The van der Waals surface area contributed by atoms with E-state index in [1.165, 1.54) is 7.11 Å². The van der Waals surface area contributed by atoms with E-state index in [2.05, 4.69) is 4.98 Å². The molecule has 1 aromatic rings. The number of pyridine rings is 1. The first-order valence-electron chi connectivity index (χ1n) is 3.21. The van der Waals surface area contributed by atoms with Gasteiger partial charge in [0, 0.05) is 0 Å². The molecule has 0 aliphatic heterocycles. The fraction of sp³-hybridized carbons (Fsp3) is 0.286. The minimum absolute atomic E-state index is 0.428. The maximum atomic E-state index is 5.55. The fourth-order valence-electron chi connectivity index (χ4n) is 0.779. The van der Waals surface area contributed by atoms with Crippen LogP contribution in [-0.4, -0.2) is 12.1 Å². The molecule has 1 heterocycles. The van der Waals surface area contributed by atoms with Crippen LogP contribution in [0.5, 0.6) is 5.88 Å². The average molecular weight is 153 g/mol. The van der Waals surface area contributed by atoms with Gasteiger partial charge in [-0.2, -0.15) is 0 Å². The zero-order valence-electron chi connectivity index (χ0n) is 6.59. The van der Waals surface area contributed by atoms with Gasteiger partial charge in [0.2, 0.25) is 5.88 Å². The molecule has 0 fully saturated rings. The Morgan fingerprint density at radius 3 is 2.55 bits per heavy atom. The van der Waals surface area contributed by atoms with E-state index in [9.17, 15) is 0 Å². The van der Waals surface area contributed by atoms with Gasteiger partial charge in [-0.05, 0) is 13.0 Å². The zero-order valence-corrected chi connectivity index (χ0v) is 6.59. The van der Waals surface area contributed by atoms with Crippen molar-refractivity contribution in [3.05, 3.63) is 11.8 Å². The molecule has 0 unspecified atom stereocenters. The normalized spacial score (nSPS) is 9.64. The summed E-state index contributed by atoms with van der Waals surface area (Å²) in [5, 5.41) is 0. The highest BCUT2D eigenvalue weighted by molar-refractivity contribution is 5.59. The Balaban J connectivity index is 3.21. The summed E-state index contributed by atoms with van der Waals surface area (Å²) in [6.07, 6.45) is 0. The molecular weight excluding hydrogens is 142 g/mol. The number of nitrogens with zero attached hydrogens (tertiary/aromatic N) is 1. The lowest BCUT2D eigenvalue weighted by molar-refractivity contribution is 0.399. The number of ether oxygens (including phenoxy) is 1. The third kappa shape index (κ3) is 1.34. The zero-order chi connectivity index (χ0) is 8.43. The lowest BCUT2D eigenvalue weighted by Crippen LogP contribution is -2.00. The lowest BCUT2D eigenvalue weighted by Gasteiger charge is -2.05. The maximum absolute atomic E-state index is 5.55. The number of hydrogen-bond donors (Lipinski definition) is 2. The Morgan fingerprint density at radius 2 is 2.00 bits per heavy atom. The number of aryl methyl sites for hydroxylation is 1. The highest BCUT2D eigenvalue weighted by Crippen LogP contribution is 2.22. The van der Waals surface area contributed by atoms with Gasteiger partial charge < -0.3 is 16.2 Å². The van der Waals surface area contributed by atoms with Gasteiger partial charge in [-0.3, -0.25) is 0 Å². The SMILES string of the molecule is COc1nc(C)c(N)cc1N. The number of aromatic nitrogens is 1. The van der Waals surface area contributed by atoms with Crippen LogP contribution in [0.25, 0.3) is 0 Å². The lowest BCUT2D eigenvalue weighted by atomic mass is 10.3. The molecule has 4 nitrogen and oxygen atoms in total. The molecule has 1 rings (SSSR count). The van der Waals surface area contributed by atoms with Crippen LogP contribution in [0.4, 0.5) is 11.4 Å². The van der Waals surface area contributed by atoms with Gasteiger partial charge in [-0.15, -0.1) is 0 Å². The Morgan fingerprint density at radius 1 is 1.36 bits per heavy atom. The van der Waals surface area contributed by atoms with E-state index in [1.807, 2.05) is 0 Å². The van der Waals surface area contributed by atoms with Crippen LogP contribution >= 0.6 is 0 Å². The number of hydrogen-bond acceptors (Lipinski definition) is 4. The largest absolute Gasteiger partial charge is 0.480 e. The van der Waals surface area contributed by atoms with Crippen LogP contribution < -0.4 is 16.2 Å². The third-order valence-corrected chi connectivity index (χ3v) is 1.44. The van der Waals surface area contributed by atoms with E-state index in [4.69, 9.17) is 16.2 Å². The predicted octanol–water partition coefficient (Wildman–Crippen LogP) is 0.563. The second-order valence-electron chi connectivity index (χ2n) is 2.26. The summed E-state index contributed by atoms with van der Waals surface area (Å²) in [5.74, 6) is 0.428. The van der Waals surface area contributed by atoms with Crippen molar-refractivity contribution in [1.29, 1.82) is 0 Å². The first-order valence-corrected chi connectivity index (χ1v) is 3.21. The van der Waals surface area contributed by atoms with Gasteiger partial charge in [0.1, 0.15) is 0 Å². The van der Waals surface area contributed by atoms with Crippen LogP contribution in [0, 0.1) is 6.92 Å². The second-order valence-corrected chi connectivity index (χ2v) is 2.26. The first-order chi connectivity index (χ1) is 5.15. The van der Waals surface area contributed by atoms with Crippen molar-refractivity contribution in [3.8, 4) is 5.88 Å². The van der Waals surface area contributed by atoms with Crippen molar-refractivity contribution in [1.82, 2.24) is 4.98 Å². The molecule has 0 aliphatic carbocycles. The molecule has 0 amide bonds. The number of nitrogen functional groups attached to an aromatic ring is 2. The summed E-state index contributed by atoms with van der Waals surface area (Å²) in [5.41, 5.74) is 12.9. The summed E-state index contributed by atoms with van der Waals surface area (Å²) >= 11 is 0. The van der Waals surface area contributed by atoms with Gasteiger partial charge in [-0.25, -0.2) is 4.98 Å². The minimum atomic E-state index is 0.428. The molecular formula is C7H11N3O. The van der Waals surface area contributed by atoms with E-state index in [0.717, 1.165) is 5.69 Å². The van der Waals surface area contributed by atoms with Gasteiger partial charge in [-0.1, -0.05) is 0 Å². The Kier molecular flexibility index (Phi) is 1.85. The quantitative estimate of drug-likeness (QED) is 0.618. The summed E-state index contributed by atoms with van der Waals surface area (Å²) in [4.78, 5) is 4.02. The monoisotopic (exact) mass is 153 g/mol. The van der Waals surface area contributed by atoms with E-state index < -0.39 is 0 Å². The third-order valence-electron chi connectivity index (χ3n) is 1.44. The Labute approximate surface area is 65.2 Å². The van der Waals surface area contributed by atoms with Crippen molar-refractivity contribution in [2.45, 2.75) is 6.92 Å². The van der Waals surface area contributed by atoms with E-state index in [1.54, 1.807) is 13.0 Å². The van der Waals surface area contributed by atoms with Gasteiger partial charge >= 0.3 is 0 Å². The summed E-state index contributed by atoms with van der Waals surface area (Å²) in [6.45, 7) is 1.80. The van der Waals surface area contributed by atoms with Gasteiger partial charge in [0.05, 0.1) is 24.2 Å². The van der Waals surface area contributed by atoms with Crippen LogP contribution in [0.3, 0.4) is 0 Å². The summed E-state index contributed by atoms with van der Waals surface area (Å²) in [6, 6.07) is 1.64. The summed E-state index contributed by atoms with van der Waals surface area (Å²) < 4.78 is 4.89. The van der Waals surface area contributed by atoms with E-state index in [0.29, 0.717) is 17.3 Å². The Bertz CT molecular complexity index is 273. The molecule has 0 saturated heterocycles. The van der Waals surface area contributed by atoms with Gasteiger partial charge in [0.25, 0.3) is 0 Å². The van der Waals surface area contributed by atoms with Crippen LogP contribution in [0.1, 0.15) is 5.69 Å². The van der Waals surface area contributed by atoms with Crippen LogP contribution in [0.15, 0.2) is 6.07 Å². The van der Waals surface area contributed by atoms with Crippen molar-refractivity contribution < 1.29 is 4.74 Å². The van der Waals surface area contributed by atoms with Gasteiger partial charge in [0.15, 0.2) is 0 Å². The average Bonchev–Trinajstić information content (AvgIpc) is 1.97. The predicted molar refractivity (Wildman–Crippen MR) is 44.4 cm³/mol. The molecule has 11 heavy (non-hydrogen) atoms. The molecule has 60 valence electrons. The van der Waals surface area contributed by atoms with Crippen LogP contribution in [0.2, 0.25) is 0 Å². The molecule has 1 aromatic heterocycles. The van der Waals surface area contributed by atoms with Crippen LogP contribution in [-0.2, 0) is 0 Å². The van der Waals surface area contributed by atoms with Crippen molar-refractivity contribution >= 4 is 11.4 Å². The van der Waals surface area contributed by atoms with Crippen molar-refractivity contribution in [2.75, 3.05) is 18.6 Å². The van der Waals surface area contributed by atoms with E-state index in [-0.39, 0.29) is 0 Å². The molecule has 0 radical (unpaired) electrons.